The molecule has 94 valence electrons. The van der Waals surface area contributed by atoms with Crippen molar-refractivity contribution in [1.82, 2.24) is 9.55 Å². The van der Waals surface area contributed by atoms with E-state index in [1.165, 1.54) is 0 Å². The van der Waals surface area contributed by atoms with Crippen LogP contribution in [-0.4, -0.2) is 20.6 Å². The highest BCUT2D eigenvalue weighted by Gasteiger charge is 2.17. The number of aromatic nitrogens is 2. The van der Waals surface area contributed by atoms with Gasteiger partial charge in [-0.2, -0.15) is 0 Å². The van der Waals surface area contributed by atoms with E-state index >= 15 is 0 Å². The number of aromatic amines is 1. The van der Waals surface area contributed by atoms with Crippen molar-refractivity contribution in [3.8, 4) is 0 Å². The third-order valence-electron chi connectivity index (χ3n) is 2.76. The Balaban J connectivity index is 2.50. The van der Waals surface area contributed by atoms with Crippen LogP contribution in [0.3, 0.4) is 0 Å². The highest BCUT2D eigenvalue weighted by atomic mass is 35.5. The van der Waals surface area contributed by atoms with Crippen molar-refractivity contribution < 1.29 is 9.90 Å². The van der Waals surface area contributed by atoms with Crippen molar-refractivity contribution in [2.45, 2.75) is 6.42 Å². The van der Waals surface area contributed by atoms with Gasteiger partial charge in [-0.1, -0.05) is 29.8 Å². The standard InChI is InChI=1S/C12H11ClN2O2S/c1-15-9(10(11(16)17)14-12(15)18)6-7-4-2-3-5-8(7)13/h2-5H,6H2,1H3,(H,14,18)(H,16,17). The van der Waals surface area contributed by atoms with Crippen LogP contribution in [0.5, 0.6) is 0 Å². The largest absolute Gasteiger partial charge is 0.477 e. The second-order valence-corrected chi connectivity index (χ2v) is 4.68. The van der Waals surface area contributed by atoms with Gasteiger partial charge in [0.1, 0.15) is 5.69 Å². The number of carboxylic acid groups (broad SMARTS) is 1. The molecule has 0 bridgehead atoms. The number of rotatable bonds is 3. The second-order valence-electron chi connectivity index (χ2n) is 3.88. The van der Waals surface area contributed by atoms with Gasteiger partial charge >= 0.3 is 5.97 Å². The molecule has 0 aliphatic carbocycles. The van der Waals surface area contributed by atoms with Crippen molar-refractivity contribution in [3.05, 3.63) is 51.0 Å². The summed E-state index contributed by atoms with van der Waals surface area (Å²) in [5.74, 6) is -1.02. The molecular formula is C12H11ClN2O2S. The molecule has 0 aliphatic rings. The summed E-state index contributed by atoms with van der Waals surface area (Å²) in [7, 11) is 1.73. The van der Waals surface area contributed by atoms with E-state index in [2.05, 4.69) is 4.98 Å². The Morgan fingerprint density at radius 1 is 1.50 bits per heavy atom. The van der Waals surface area contributed by atoms with E-state index in [-0.39, 0.29) is 5.69 Å². The van der Waals surface area contributed by atoms with E-state index < -0.39 is 5.97 Å². The molecule has 2 rings (SSSR count). The Kier molecular flexibility index (Phi) is 3.54. The molecule has 2 aromatic rings. The van der Waals surface area contributed by atoms with E-state index in [1.54, 1.807) is 17.7 Å². The normalized spacial score (nSPS) is 10.6. The van der Waals surface area contributed by atoms with E-state index in [4.69, 9.17) is 28.9 Å². The average molecular weight is 283 g/mol. The zero-order valence-electron chi connectivity index (χ0n) is 9.61. The van der Waals surface area contributed by atoms with Gasteiger partial charge in [-0.3, -0.25) is 0 Å². The van der Waals surface area contributed by atoms with Crippen molar-refractivity contribution in [2.75, 3.05) is 0 Å². The monoisotopic (exact) mass is 282 g/mol. The highest BCUT2D eigenvalue weighted by molar-refractivity contribution is 7.71. The van der Waals surface area contributed by atoms with E-state index in [1.807, 2.05) is 18.2 Å². The van der Waals surface area contributed by atoms with E-state index in [0.717, 1.165) is 5.56 Å². The van der Waals surface area contributed by atoms with Gasteiger partial charge in [-0.15, -0.1) is 0 Å². The van der Waals surface area contributed by atoms with Gasteiger partial charge in [-0.25, -0.2) is 4.79 Å². The smallest absolute Gasteiger partial charge is 0.354 e. The van der Waals surface area contributed by atoms with Crippen molar-refractivity contribution in [3.63, 3.8) is 0 Å². The molecule has 18 heavy (non-hydrogen) atoms. The zero-order valence-corrected chi connectivity index (χ0v) is 11.2. The second kappa shape index (κ2) is 4.96. The van der Waals surface area contributed by atoms with Crippen molar-refractivity contribution >= 4 is 29.8 Å². The fourth-order valence-corrected chi connectivity index (χ4v) is 2.17. The summed E-state index contributed by atoms with van der Waals surface area (Å²) in [4.78, 5) is 13.8. The van der Waals surface area contributed by atoms with Gasteiger partial charge in [0.15, 0.2) is 4.77 Å². The number of halogens is 1. The number of aromatic carboxylic acids is 1. The predicted molar refractivity (Wildman–Crippen MR) is 71.8 cm³/mol. The van der Waals surface area contributed by atoms with Crippen LogP contribution in [0.15, 0.2) is 24.3 Å². The number of carbonyl (C=O) groups is 1. The zero-order chi connectivity index (χ0) is 13.3. The summed E-state index contributed by atoms with van der Waals surface area (Å²) in [5.41, 5.74) is 1.59. The van der Waals surface area contributed by atoms with Gasteiger partial charge in [0.25, 0.3) is 0 Å². The average Bonchev–Trinajstić information content (AvgIpc) is 2.60. The molecule has 0 saturated heterocycles. The first kappa shape index (κ1) is 12.9. The number of imidazole rings is 1. The summed E-state index contributed by atoms with van der Waals surface area (Å²) in [6, 6.07) is 7.34. The Morgan fingerprint density at radius 2 is 2.17 bits per heavy atom. The topological polar surface area (TPSA) is 58.0 Å². The van der Waals surface area contributed by atoms with Gasteiger partial charge in [0, 0.05) is 18.5 Å². The minimum absolute atomic E-state index is 0.113. The molecule has 1 aromatic carbocycles. The lowest BCUT2D eigenvalue weighted by atomic mass is 10.1. The van der Waals surface area contributed by atoms with Crippen molar-refractivity contribution in [2.24, 2.45) is 7.05 Å². The van der Waals surface area contributed by atoms with Gasteiger partial charge in [0.2, 0.25) is 0 Å². The minimum Gasteiger partial charge on any atom is -0.477 e. The highest BCUT2D eigenvalue weighted by Crippen LogP contribution is 2.20. The van der Waals surface area contributed by atoms with Crippen LogP contribution in [0.1, 0.15) is 21.7 Å². The fraction of sp³-hybridized carbons (Fsp3) is 0.167. The molecule has 0 aliphatic heterocycles. The molecule has 0 amide bonds. The third kappa shape index (κ3) is 2.32. The maximum atomic E-state index is 11.1. The Bertz CT molecular complexity index is 660. The summed E-state index contributed by atoms with van der Waals surface area (Å²) in [6.07, 6.45) is 0.422. The van der Waals surface area contributed by atoms with Crippen LogP contribution in [0, 0.1) is 4.77 Å². The van der Waals surface area contributed by atoms with Crippen LogP contribution >= 0.6 is 23.8 Å². The third-order valence-corrected chi connectivity index (χ3v) is 3.50. The van der Waals surface area contributed by atoms with Crippen LogP contribution in [-0.2, 0) is 13.5 Å². The summed E-state index contributed by atoms with van der Waals surface area (Å²) in [5, 5.41) is 9.74. The summed E-state index contributed by atoms with van der Waals surface area (Å²) >= 11 is 11.1. The fourth-order valence-electron chi connectivity index (χ4n) is 1.76. The predicted octanol–water partition coefficient (Wildman–Crippen LogP) is 3.03. The molecule has 0 spiro atoms. The van der Waals surface area contributed by atoms with Gasteiger partial charge in [-0.05, 0) is 23.8 Å². The van der Waals surface area contributed by atoms with E-state index in [0.29, 0.717) is 21.9 Å². The minimum atomic E-state index is -1.02. The molecule has 0 fully saturated rings. The molecule has 1 heterocycles. The number of nitrogens with zero attached hydrogens (tertiary/aromatic N) is 1. The number of carboxylic acids is 1. The van der Waals surface area contributed by atoms with Crippen molar-refractivity contribution in [1.29, 1.82) is 0 Å². The lowest BCUT2D eigenvalue weighted by Gasteiger charge is -2.06. The number of hydrogen-bond donors (Lipinski definition) is 2. The summed E-state index contributed by atoms with van der Waals surface area (Å²) in [6.45, 7) is 0. The lowest BCUT2D eigenvalue weighted by Crippen LogP contribution is -2.06. The Labute approximate surface area is 114 Å². The quantitative estimate of drug-likeness (QED) is 0.851. The molecule has 0 radical (unpaired) electrons. The molecule has 0 saturated carbocycles. The van der Waals surface area contributed by atoms with E-state index in [9.17, 15) is 4.79 Å². The number of H-pyrrole nitrogens is 1. The lowest BCUT2D eigenvalue weighted by molar-refractivity contribution is 0.0689. The molecule has 2 N–H and O–H groups in total. The van der Waals surface area contributed by atoms with Gasteiger partial charge in [0.05, 0.1) is 5.69 Å². The molecule has 4 nitrogen and oxygen atoms in total. The van der Waals surface area contributed by atoms with Crippen LogP contribution in [0.4, 0.5) is 0 Å². The first-order chi connectivity index (χ1) is 8.50. The molecule has 6 heteroatoms. The van der Waals surface area contributed by atoms with Crippen LogP contribution in [0.2, 0.25) is 5.02 Å². The summed E-state index contributed by atoms with van der Waals surface area (Å²) < 4.78 is 2.04. The Hall–Kier alpha value is -1.59. The molecule has 0 unspecified atom stereocenters. The molecule has 0 atom stereocenters. The first-order valence-electron chi connectivity index (χ1n) is 5.25. The van der Waals surface area contributed by atoms with Crippen LogP contribution in [0.25, 0.3) is 0 Å². The first-order valence-corrected chi connectivity index (χ1v) is 6.04. The SMILES string of the molecule is Cn1c(Cc2ccccc2Cl)c(C(=O)O)[nH]c1=S. The molecular weight excluding hydrogens is 272 g/mol. The van der Waals surface area contributed by atoms with Gasteiger partial charge < -0.3 is 14.7 Å². The maximum Gasteiger partial charge on any atom is 0.354 e. The number of benzene rings is 1. The maximum absolute atomic E-state index is 11.1. The Morgan fingerprint density at radius 3 is 2.78 bits per heavy atom. The molecule has 1 aromatic heterocycles. The van der Waals surface area contributed by atoms with Crippen LogP contribution < -0.4 is 0 Å². The number of hydrogen-bond acceptors (Lipinski definition) is 2. The number of nitrogens with one attached hydrogen (secondary N) is 1.